The van der Waals surface area contributed by atoms with Gasteiger partial charge >= 0.3 is 0 Å². The third-order valence-electron chi connectivity index (χ3n) is 4.98. The zero-order chi connectivity index (χ0) is 19.0. The second-order valence-corrected chi connectivity index (χ2v) is 7.78. The van der Waals surface area contributed by atoms with Crippen LogP contribution in [0.15, 0.2) is 53.1 Å². The number of aryl methyl sites for hydroxylation is 2. The molecule has 1 N–H and O–H groups in total. The van der Waals surface area contributed by atoms with E-state index >= 15 is 0 Å². The fraction of sp³-hybridized carbons (Fsp3) is 0.238. The summed E-state index contributed by atoms with van der Waals surface area (Å²) in [6.07, 6.45) is 3.39. The molecule has 2 amide bonds. The smallest absolute Gasteiger partial charge is 0.291 e. The normalized spacial score (nSPS) is 15.4. The summed E-state index contributed by atoms with van der Waals surface area (Å²) in [6, 6.07) is 13.5. The molecule has 1 aliphatic carbocycles. The first-order valence-corrected chi connectivity index (χ1v) is 9.66. The molecule has 138 valence electrons. The van der Waals surface area contributed by atoms with Crippen molar-refractivity contribution < 1.29 is 14.0 Å². The summed E-state index contributed by atoms with van der Waals surface area (Å²) in [4.78, 5) is 27.7. The van der Waals surface area contributed by atoms with Gasteiger partial charge in [0.1, 0.15) is 0 Å². The van der Waals surface area contributed by atoms with Gasteiger partial charge in [-0.1, -0.05) is 24.3 Å². The number of benzene rings is 1. The van der Waals surface area contributed by atoms with E-state index in [0.717, 1.165) is 18.4 Å². The Balaban J connectivity index is 1.52. The molecule has 1 aromatic carbocycles. The molecule has 0 fully saturated rings. The van der Waals surface area contributed by atoms with E-state index < -0.39 is 0 Å². The van der Waals surface area contributed by atoms with Crippen LogP contribution in [0.1, 0.15) is 49.4 Å². The zero-order valence-electron chi connectivity index (χ0n) is 15.2. The fourth-order valence-electron chi connectivity index (χ4n) is 3.58. The number of carbonyl (C=O) groups excluding carboxylic acids is 2. The molecule has 1 unspecified atom stereocenters. The van der Waals surface area contributed by atoms with E-state index in [1.54, 1.807) is 12.1 Å². The van der Waals surface area contributed by atoms with Crippen molar-refractivity contribution in [2.75, 3.05) is 12.4 Å². The summed E-state index contributed by atoms with van der Waals surface area (Å²) in [5, 5.41) is 3.44. The Morgan fingerprint density at radius 3 is 2.81 bits per heavy atom. The first-order chi connectivity index (χ1) is 13.0. The molecule has 2 heterocycles. The van der Waals surface area contributed by atoms with Crippen molar-refractivity contribution in [3.63, 3.8) is 0 Å². The van der Waals surface area contributed by atoms with Crippen LogP contribution in [0.25, 0.3) is 0 Å². The van der Waals surface area contributed by atoms with Crippen LogP contribution in [0.4, 0.5) is 5.00 Å². The Labute approximate surface area is 161 Å². The van der Waals surface area contributed by atoms with Crippen LogP contribution in [-0.2, 0) is 6.42 Å². The van der Waals surface area contributed by atoms with Crippen LogP contribution in [-0.4, -0.2) is 23.8 Å². The number of hydrogen-bond donors (Lipinski definition) is 1. The van der Waals surface area contributed by atoms with Gasteiger partial charge in [-0.05, 0) is 54.7 Å². The standard InChI is InChI=1S/C21H20N2O3S/c1-13-12-18(22-20(24)17-8-5-11-26-17)27-19(13)21(25)23(2)16-10-9-14-6-3-4-7-15(14)16/h3-8,11-12,16H,9-10H2,1-2H3,(H,22,24). The average Bonchev–Trinajstić information content (AvgIpc) is 3.40. The molecule has 0 radical (unpaired) electrons. The number of fused-ring (bicyclic) bond motifs is 1. The first-order valence-electron chi connectivity index (χ1n) is 8.85. The van der Waals surface area contributed by atoms with Crippen molar-refractivity contribution >= 4 is 28.2 Å². The third kappa shape index (κ3) is 3.28. The number of nitrogens with zero attached hydrogens (tertiary/aromatic N) is 1. The van der Waals surface area contributed by atoms with Gasteiger partial charge in [0.15, 0.2) is 5.76 Å². The van der Waals surface area contributed by atoms with Gasteiger partial charge in [0.25, 0.3) is 11.8 Å². The quantitative estimate of drug-likeness (QED) is 0.716. The monoisotopic (exact) mass is 380 g/mol. The van der Waals surface area contributed by atoms with Crippen LogP contribution in [0.3, 0.4) is 0 Å². The van der Waals surface area contributed by atoms with Crippen LogP contribution in [0.5, 0.6) is 0 Å². The maximum atomic E-state index is 13.1. The van der Waals surface area contributed by atoms with Gasteiger partial charge in [-0.2, -0.15) is 0 Å². The van der Waals surface area contributed by atoms with E-state index in [9.17, 15) is 9.59 Å². The van der Waals surface area contributed by atoms with Gasteiger partial charge in [0.2, 0.25) is 0 Å². The Hall–Kier alpha value is -2.86. The molecule has 27 heavy (non-hydrogen) atoms. The van der Waals surface area contributed by atoms with Crippen molar-refractivity contribution in [3.8, 4) is 0 Å². The molecular formula is C21H20N2O3S. The molecule has 2 aromatic heterocycles. The van der Waals surface area contributed by atoms with Gasteiger partial charge in [0.05, 0.1) is 22.2 Å². The fourth-order valence-corrected chi connectivity index (χ4v) is 4.63. The molecule has 0 saturated carbocycles. The van der Waals surface area contributed by atoms with Crippen LogP contribution < -0.4 is 5.32 Å². The molecule has 1 aliphatic rings. The number of amides is 2. The predicted octanol–water partition coefficient (Wildman–Crippen LogP) is 4.66. The molecule has 6 heteroatoms. The molecule has 3 aromatic rings. The first kappa shape index (κ1) is 17.5. The molecule has 0 bridgehead atoms. The highest BCUT2D eigenvalue weighted by molar-refractivity contribution is 7.18. The van der Waals surface area contributed by atoms with E-state index in [4.69, 9.17) is 4.42 Å². The van der Waals surface area contributed by atoms with E-state index in [2.05, 4.69) is 17.4 Å². The number of rotatable bonds is 4. The number of anilines is 1. The van der Waals surface area contributed by atoms with E-state index in [-0.39, 0.29) is 23.6 Å². The highest BCUT2D eigenvalue weighted by Gasteiger charge is 2.30. The highest BCUT2D eigenvalue weighted by Crippen LogP contribution is 2.37. The highest BCUT2D eigenvalue weighted by atomic mass is 32.1. The minimum Gasteiger partial charge on any atom is -0.459 e. The summed E-state index contributed by atoms with van der Waals surface area (Å²) in [5.41, 5.74) is 3.41. The van der Waals surface area contributed by atoms with Crippen LogP contribution in [0, 0.1) is 6.92 Å². The second-order valence-electron chi connectivity index (χ2n) is 6.72. The predicted molar refractivity (Wildman–Crippen MR) is 105 cm³/mol. The summed E-state index contributed by atoms with van der Waals surface area (Å²) >= 11 is 1.30. The zero-order valence-corrected chi connectivity index (χ0v) is 16.0. The molecule has 0 aliphatic heterocycles. The summed E-state index contributed by atoms with van der Waals surface area (Å²) in [7, 11) is 1.86. The van der Waals surface area contributed by atoms with E-state index in [1.807, 2.05) is 37.1 Å². The van der Waals surface area contributed by atoms with Crippen LogP contribution >= 0.6 is 11.3 Å². The minimum atomic E-state index is -0.321. The largest absolute Gasteiger partial charge is 0.459 e. The molecule has 1 atom stereocenters. The molecular weight excluding hydrogens is 360 g/mol. The van der Waals surface area contributed by atoms with Crippen molar-refractivity contribution in [2.24, 2.45) is 0 Å². The van der Waals surface area contributed by atoms with E-state index in [0.29, 0.717) is 9.88 Å². The Kier molecular flexibility index (Phi) is 4.58. The SMILES string of the molecule is Cc1cc(NC(=O)c2ccco2)sc1C(=O)N(C)C1CCc2ccccc21. The second kappa shape index (κ2) is 7.04. The lowest BCUT2D eigenvalue weighted by Gasteiger charge is -2.25. The number of thiophene rings is 1. The Morgan fingerprint density at radius 1 is 1.22 bits per heavy atom. The number of hydrogen-bond acceptors (Lipinski definition) is 4. The lowest BCUT2D eigenvalue weighted by molar-refractivity contribution is 0.0734. The average molecular weight is 380 g/mol. The van der Waals surface area contributed by atoms with Gasteiger partial charge in [-0.25, -0.2) is 0 Å². The molecule has 5 nitrogen and oxygen atoms in total. The Morgan fingerprint density at radius 2 is 2.04 bits per heavy atom. The van der Waals surface area contributed by atoms with Gasteiger partial charge in [-0.3, -0.25) is 9.59 Å². The van der Waals surface area contributed by atoms with Gasteiger partial charge < -0.3 is 14.6 Å². The minimum absolute atomic E-state index is 0.0160. The molecule has 4 rings (SSSR count). The maximum Gasteiger partial charge on any atom is 0.291 e. The lowest BCUT2D eigenvalue weighted by Crippen LogP contribution is -2.29. The number of carbonyl (C=O) groups is 2. The van der Waals surface area contributed by atoms with Crippen molar-refractivity contribution in [2.45, 2.75) is 25.8 Å². The van der Waals surface area contributed by atoms with Gasteiger partial charge in [0, 0.05) is 7.05 Å². The maximum absolute atomic E-state index is 13.1. The van der Waals surface area contributed by atoms with Crippen LogP contribution in [0.2, 0.25) is 0 Å². The number of nitrogens with one attached hydrogen (secondary N) is 1. The molecule has 0 spiro atoms. The summed E-state index contributed by atoms with van der Waals surface area (Å²) in [5.74, 6) is -0.0929. The van der Waals surface area contributed by atoms with Crippen molar-refractivity contribution in [3.05, 3.63) is 76.1 Å². The lowest BCUT2D eigenvalue weighted by atomic mass is 10.1. The molecule has 0 saturated heterocycles. The summed E-state index contributed by atoms with van der Waals surface area (Å²) in [6.45, 7) is 1.89. The van der Waals surface area contributed by atoms with E-state index in [1.165, 1.54) is 28.7 Å². The van der Waals surface area contributed by atoms with Crippen molar-refractivity contribution in [1.29, 1.82) is 0 Å². The third-order valence-corrected chi connectivity index (χ3v) is 6.12. The topological polar surface area (TPSA) is 62.6 Å². The Bertz CT molecular complexity index is 991. The van der Waals surface area contributed by atoms with Gasteiger partial charge in [-0.15, -0.1) is 11.3 Å². The van der Waals surface area contributed by atoms with Crippen molar-refractivity contribution in [1.82, 2.24) is 4.90 Å². The summed E-state index contributed by atoms with van der Waals surface area (Å²) < 4.78 is 5.11. The number of furan rings is 1.